The van der Waals surface area contributed by atoms with Crippen LogP contribution in [0.15, 0.2) is 42.0 Å². The lowest BCUT2D eigenvalue weighted by atomic mass is 9.69. The number of likely N-dealkylation sites (tertiary alicyclic amines) is 1. The molecule has 0 N–H and O–H groups in total. The predicted octanol–water partition coefficient (Wildman–Crippen LogP) is 2.92. The second kappa shape index (κ2) is 4.58. The van der Waals surface area contributed by atoms with Crippen molar-refractivity contribution in [2.24, 2.45) is 11.3 Å². The van der Waals surface area contributed by atoms with Gasteiger partial charge in [-0.2, -0.15) is 0 Å². The van der Waals surface area contributed by atoms with Gasteiger partial charge >= 0.3 is 0 Å². The fourth-order valence-electron chi connectivity index (χ4n) is 3.46. The van der Waals surface area contributed by atoms with Gasteiger partial charge in [-0.05, 0) is 32.3 Å². The Morgan fingerprint density at radius 2 is 1.95 bits per heavy atom. The highest BCUT2D eigenvalue weighted by molar-refractivity contribution is 6.07. The van der Waals surface area contributed by atoms with Crippen molar-refractivity contribution >= 4 is 11.8 Å². The van der Waals surface area contributed by atoms with Crippen LogP contribution in [-0.2, 0) is 16.1 Å². The Kier molecular flexibility index (Phi) is 3.00. The van der Waals surface area contributed by atoms with Gasteiger partial charge in [-0.1, -0.05) is 42.0 Å². The van der Waals surface area contributed by atoms with Crippen LogP contribution in [0.2, 0.25) is 0 Å². The van der Waals surface area contributed by atoms with Crippen LogP contribution in [0, 0.1) is 11.3 Å². The molecule has 2 aliphatic rings. The third kappa shape index (κ3) is 1.89. The molecule has 1 aromatic carbocycles. The molecule has 0 bridgehead atoms. The summed E-state index contributed by atoms with van der Waals surface area (Å²) < 4.78 is 0. The minimum Gasteiger partial charge on any atom is -0.277 e. The normalized spacial score (nSPS) is 29.4. The van der Waals surface area contributed by atoms with Crippen molar-refractivity contribution in [2.75, 3.05) is 0 Å². The molecule has 1 saturated heterocycles. The summed E-state index contributed by atoms with van der Waals surface area (Å²) in [7, 11) is 0. The molecule has 3 heteroatoms. The minimum atomic E-state index is -0.537. The van der Waals surface area contributed by atoms with E-state index < -0.39 is 5.41 Å². The molecule has 2 atom stereocenters. The van der Waals surface area contributed by atoms with Crippen molar-refractivity contribution in [3.8, 4) is 0 Å². The lowest BCUT2D eigenvalue weighted by Gasteiger charge is -2.30. The van der Waals surface area contributed by atoms with E-state index in [9.17, 15) is 9.59 Å². The zero-order chi connectivity index (χ0) is 14.3. The first-order valence-corrected chi connectivity index (χ1v) is 7.08. The van der Waals surface area contributed by atoms with E-state index >= 15 is 0 Å². The van der Waals surface area contributed by atoms with E-state index in [1.165, 1.54) is 10.5 Å². The Hall–Kier alpha value is -1.90. The first-order valence-electron chi connectivity index (χ1n) is 7.08. The number of carbonyl (C=O) groups excluding carboxylic acids is 2. The summed E-state index contributed by atoms with van der Waals surface area (Å²) in [6.07, 6.45) is 3.50. The second-order valence-corrected chi connectivity index (χ2v) is 6.15. The van der Waals surface area contributed by atoms with E-state index in [2.05, 4.69) is 6.08 Å². The van der Waals surface area contributed by atoms with E-state index in [0.29, 0.717) is 19.4 Å². The SMILES string of the molecule is CC1=CC[C@@H]2C(=O)N(Cc3ccccc3)C(=O)[C@]2(C)C1. The number of fused-ring (bicyclic) bond motifs is 1. The summed E-state index contributed by atoms with van der Waals surface area (Å²) in [5.41, 5.74) is 1.68. The molecule has 0 aromatic heterocycles. The summed E-state index contributed by atoms with van der Waals surface area (Å²) in [5.74, 6) is -0.198. The summed E-state index contributed by atoms with van der Waals surface area (Å²) in [6.45, 7) is 4.38. The minimum absolute atomic E-state index is 0.00916. The van der Waals surface area contributed by atoms with Gasteiger partial charge in [0, 0.05) is 0 Å². The molecule has 1 aliphatic carbocycles. The maximum Gasteiger partial charge on any atom is 0.236 e. The number of rotatable bonds is 2. The van der Waals surface area contributed by atoms with E-state index in [0.717, 1.165) is 5.56 Å². The Bertz CT molecular complexity index is 590. The molecule has 104 valence electrons. The Morgan fingerprint density at radius 3 is 2.65 bits per heavy atom. The van der Waals surface area contributed by atoms with Crippen molar-refractivity contribution < 1.29 is 9.59 Å². The standard InChI is InChI=1S/C17H19NO2/c1-12-8-9-14-15(19)18(16(20)17(14,2)10-12)11-13-6-4-3-5-7-13/h3-8,14H,9-11H2,1-2H3/t14-,17-/m1/s1. The van der Waals surface area contributed by atoms with Crippen LogP contribution in [-0.4, -0.2) is 16.7 Å². The lowest BCUT2D eigenvalue weighted by molar-refractivity contribution is -0.141. The van der Waals surface area contributed by atoms with Gasteiger partial charge in [-0.15, -0.1) is 0 Å². The van der Waals surface area contributed by atoms with Crippen molar-refractivity contribution in [3.63, 3.8) is 0 Å². The molecular weight excluding hydrogens is 250 g/mol. The summed E-state index contributed by atoms with van der Waals surface area (Å²) >= 11 is 0. The van der Waals surface area contributed by atoms with Gasteiger partial charge in [-0.25, -0.2) is 0 Å². The van der Waals surface area contributed by atoms with Crippen LogP contribution in [0.4, 0.5) is 0 Å². The van der Waals surface area contributed by atoms with Crippen LogP contribution >= 0.6 is 0 Å². The molecule has 1 heterocycles. The maximum absolute atomic E-state index is 12.7. The molecule has 20 heavy (non-hydrogen) atoms. The Balaban J connectivity index is 1.89. The molecule has 2 amide bonds. The molecule has 3 rings (SSSR count). The molecule has 3 nitrogen and oxygen atoms in total. The van der Waals surface area contributed by atoms with Gasteiger partial charge in [0.2, 0.25) is 11.8 Å². The van der Waals surface area contributed by atoms with Crippen molar-refractivity contribution in [1.82, 2.24) is 4.90 Å². The number of amides is 2. The molecule has 0 saturated carbocycles. The predicted molar refractivity (Wildman–Crippen MR) is 76.6 cm³/mol. The van der Waals surface area contributed by atoms with Crippen molar-refractivity contribution in [3.05, 3.63) is 47.5 Å². The first-order chi connectivity index (χ1) is 9.52. The quantitative estimate of drug-likeness (QED) is 0.611. The van der Waals surface area contributed by atoms with Crippen molar-refractivity contribution in [2.45, 2.75) is 33.2 Å². The molecule has 0 radical (unpaired) electrons. The van der Waals surface area contributed by atoms with Crippen LogP contribution in [0.25, 0.3) is 0 Å². The number of hydrogen-bond donors (Lipinski definition) is 0. The molecule has 0 unspecified atom stereocenters. The maximum atomic E-state index is 12.7. The number of carbonyl (C=O) groups is 2. The molecule has 1 aromatic rings. The molecule has 1 aliphatic heterocycles. The van der Waals surface area contributed by atoms with Gasteiger partial charge in [-0.3, -0.25) is 14.5 Å². The molecule has 0 spiro atoms. The molecule has 1 fully saturated rings. The Morgan fingerprint density at radius 1 is 1.25 bits per heavy atom. The average molecular weight is 269 g/mol. The number of imide groups is 1. The van der Waals surface area contributed by atoms with E-state index in [4.69, 9.17) is 0 Å². The third-order valence-corrected chi connectivity index (χ3v) is 4.60. The highest BCUT2D eigenvalue weighted by Gasteiger charge is 2.56. The highest BCUT2D eigenvalue weighted by atomic mass is 16.2. The van der Waals surface area contributed by atoms with Gasteiger partial charge in [0.15, 0.2) is 0 Å². The van der Waals surface area contributed by atoms with E-state index in [1.807, 2.05) is 44.2 Å². The van der Waals surface area contributed by atoms with Crippen molar-refractivity contribution in [1.29, 1.82) is 0 Å². The fourth-order valence-corrected chi connectivity index (χ4v) is 3.46. The van der Waals surface area contributed by atoms with Gasteiger partial charge in [0.1, 0.15) is 0 Å². The number of allylic oxidation sites excluding steroid dienone is 2. The largest absolute Gasteiger partial charge is 0.277 e. The van der Waals surface area contributed by atoms with Crippen LogP contribution in [0.1, 0.15) is 32.3 Å². The third-order valence-electron chi connectivity index (χ3n) is 4.60. The van der Waals surface area contributed by atoms with Gasteiger partial charge in [0.05, 0.1) is 17.9 Å². The number of benzene rings is 1. The van der Waals surface area contributed by atoms with E-state index in [1.54, 1.807) is 0 Å². The number of nitrogens with zero attached hydrogens (tertiary/aromatic N) is 1. The highest BCUT2D eigenvalue weighted by Crippen LogP contribution is 2.48. The van der Waals surface area contributed by atoms with Crippen LogP contribution in [0.3, 0.4) is 0 Å². The average Bonchev–Trinajstić information content (AvgIpc) is 2.61. The zero-order valence-corrected chi connectivity index (χ0v) is 11.9. The van der Waals surface area contributed by atoms with E-state index in [-0.39, 0.29) is 17.7 Å². The number of hydrogen-bond acceptors (Lipinski definition) is 2. The molecular formula is C17H19NO2. The first kappa shape index (κ1) is 13.1. The smallest absolute Gasteiger partial charge is 0.236 e. The van der Waals surface area contributed by atoms with Crippen LogP contribution in [0.5, 0.6) is 0 Å². The zero-order valence-electron chi connectivity index (χ0n) is 11.9. The summed E-state index contributed by atoms with van der Waals surface area (Å²) in [4.78, 5) is 26.7. The van der Waals surface area contributed by atoms with Crippen LogP contribution < -0.4 is 0 Å². The lowest BCUT2D eigenvalue weighted by Crippen LogP contribution is -2.35. The summed E-state index contributed by atoms with van der Waals surface area (Å²) in [5, 5.41) is 0. The fraction of sp³-hybridized carbons (Fsp3) is 0.412. The summed E-state index contributed by atoms with van der Waals surface area (Å²) in [6, 6.07) is 9.70. The van der Waals surface area contributed by atoms with Gasteiger partial charge < -0.3 is 0 Å². The van der Waals surface area contributed by atoms with Gasteiger partial charge in [0.25, 0.3) is 0 Å². The second-order valence-electron chi connectivity index (χ2n) is 6.15. The monoisotopic (exact) mass is 269 g/mol. The Labute approximate surface area is 119 Å². The topological polar surface area (TPSA) is 37.4 Å².